The highest BCUT2D eigenvalue weighted by molar-refractivity contribution is 5.47. The van der Waals surface area contributed by atoms with Crippen LogP contribution in [0, 0.1) is 11.1 Å². The number of alkyl halides is 7. The van der Waals surface area contributed by atoms with Crippen molar-refractivity contribution in [3.05, 3.63) is 88.6 Å². The molecule has 222 valence electrons. The number of halogens is 7. The summed E-state index contributed by atoms with van der Waals surface area (Å²) in [6.45, 7) is -6.67. The second-order valence-corrected chi connectivity index (χ2v) is 9.86. The van der Waals surface area contributed by atoms with Crippen molar-refractivity contribution < 1.29 is 50.0 Å². The first-order valence-corrected chi connectivity index (χ1v) is 12.8. The van der Waals surface area contributed by atoms with E-state index in [4.69, 9.17) is 0 Å². The van der Waals surface area contributed by atoms with Crippen molar-refractivity contribution in [3.8, 4) is 11.5 Å². The maximum Gasteiger partial charge on any atom is 0.423 e. The van der Waals surface area contributed by atoms with E-state index in [1.54, 1.807) is 0 Å². The number of ether oxygens (including phenoxy) is 2. The zero-order valence-electron chi connectivity index (χ0n) is 21.5. The summed E-state index contributed by atoms with van der Waals surface area (Å²) in [6, 6.07) is 8.87. The van der Waals surface area contributed by atoms with E-state index in [0.29, 0.717) is 28.7 Å². The van der Waals surface area contributed by atoms with Crippen LogP contribution in [0.3, 0.4) is 0 Å². The fourth-order valence-corrected chi connectivity index (χ4v) is 5.31. The summed E-state index contributed by atoms with van der Waals surface area (Å²) in [4.78, 5) is 4.02. The topological polar surface area (TPSA) is 78.5 Å². The fourth-order valence-electron chi connectivity index (χ4n) is 5.31. The highest BCUT2D eigenvalue weighted by Crippen LogP contribution is 2.49. The second-order valence-electron chi connectivity index (χ2n) is 9.86. The van der Waals surface area contributed by atoms with Crippen LogP contribution >= 0.6 is 0 Å². The summed E-state index contributed by atoms with van der Waals surface area (Å²) in [5.41, 5.74) is -2.51. The Bertz CT molecular complexity index is 1280. The summed E-state index contributed by atoms with van der Waals surface area (Å²) in [5.74, 6) is -3.12. The van der Waals surface area contributed by atoms with Gasteiger partial charge in [0.15, 0.2) is 23.9 Å². The molecule has 2 unspecified atom stereocenters. The fraction of sp³-hybridized carbons (Fsp3) is 0.429. The zero-order chi connectivity index (χ0) is 29.8. The number of benzene rings is 1. The molecule has 1 aromatic carbocycles. The van der Waals surface area contributed by atoms with Gasteiger partial charge in [0, 0.05) is 30.2 Å². The SMILES string of the molecule is [O-][n+]1ccc(CC(c2ccc(C(O)(C3CCCCC3)C(F)(F)F)nc2)c2ccc(OC(F)F)c(OC(F)F)c2)cc1. The Kier molecular flexibility index (Phi) is 9.25. The maximum absolute atomic E-state index is 14.2. The van der Waals surface area contributed by atoms with E-state index < -0.39 is 54.0 Å². The summed E-state index contributed by atoms with van der Waals surface area (Å²) in [7, 11) is 0. The largest absolute Gasteiger partial charge is 0.619 e. The lowest BCUT2D eigenvalue weighted by atomic mass is 9.74. The Morgan fingerprint density at radius 3 is 2.05 bits per heavy atom. The minimum Gasteiger partial charge on any atom is -0.619 e. The van der Waals surface area contributed by atoms with Crippen molar-refractivity contribution in [2.45, 2.75) is 69.4 Å². The Balaban J connectivity index is 1.76. The molecule has 0 amide bonds. The molecule has 13 heteroatoms. The van der Waals surface area contributed by atoms with Crippen LogP contribution < -0.4 is 14.2 Å². The van der Waals surface area contributed by atoms with E-state index in [0.717, 1.165) is 30.8 Å². The summed E-state index contributed by atoms with van der Waals surface area (Å²) in [5, 5.41) is 22.5. The lowest BCUT2D eigenvalue weighted by Crippen LogP contribution is -2.49. The van der Waals surface area contributed by atoms with Crippen LogP contribution in [0.5, 0.6) is 11.5 Å². The van der Waals surface area contributed by atoms with Gasteiger partial charge in [-0.15, -0.1) is 0 Å². The van der Waals surface area contributed by atoms with E-state index >= 15 is 0 Å². The van der Waals surface area contributed by atoms with Gasteiger partial charge in [-0.3, -0.25) is 4.98 Å². The molecule has 0 aliphatic heterocycles. The van der Waals surface area contributed by atoms with Gasteiger partial charge >= 0.3 is 19.4 Å². The molecule has 41 heavy (non-hydrogen) atoms. The molecule has 1 aliphatic carbocycles. The van der Waals surface area contributed by atoms with E-state index in [-0.39, 0.29) is 24.8 Å². The number of rotatable bonds is 10. The van der Waals surface area contributed by atoms with E-state index in [9.17, 15) is 41.0 Å². The van der Waals surface area contributed by atoms with Crippen LogP contribution in [-0.2, 0) is 12.0 Å². The van der Waals surface area contributed by atoms with Crippen LogP contribution in [0.15, 0.2) is 61.1 Å². The molecule has 1 N–H and O–H groups in total. The summed E-state index contributed by atoms with van der Waals surface area (Å²) < 4.78 is 104. The first-order chi connectivity index (χ1) is 19.4. The van der Waals surface area contributed by atoms with Crippen LogP contribution in [0.2, 0.25) is 0 Å². The van der Waals surface area contributed by atoms with Gasteiger partial charge in [-0.1, -0.05) is 31.4 Å². The molecule has 6 nitrogen and oxygen atoms in total. The van der Waals surface area contributed by atoms with Crippen molar-refractivity contribution in [3.63, 3.8) is 0 Å². The standard InChI is InChI=1S/C28H27F7N2O4/c29-25(30)40-22-8-6-18(15-23(22)41-26(31)32)21(14-17-10-12-37(39)13-11-17)19-7-9-24(36-16-19)27(38,28(33,34)35)20-4-2-1-3-5-20/h6-13,15-16,20-21,25-26,38H,1-5,14H2. The Morgan fingerprint density at radius 2 is 1.49 bits per heavy atom. The molecular weight excluding hydrogens is 561 g/mol. The molecule has 0 bridgehead atoms. The number of nitrogens with zero attached hydrogens (tertiary/aromatic N) is 2. The van der Waals surface area contributed by atoms with Crippen LogP contribution in [0.25, 0.3) is 0 Å². The van der Waals surface area contributed by atoms with Crippen LogP contribution in [-0.4, -0.2) is 29.5 Å². The second kappa shape index (κ2) is 12.5. The highest BCUT2D eigenvalue weighted by Gasteiger charge is 2.60. The number of hydrogen-bond donors (Lipinski definition) is 1. The van der Waals surface area contributed by atoms with Crippen molar-refractivity contribution in [1.29, 1.82) is 0 Å². The van der Waals surface area contributed by atoms with Crippen LogP contribution in [0.1, 0.15) is 60.4 Å². The average Bonchev–Trinajstić information content (AvgIpc) is 2.93. The molecule has 2 heterocycles. The third kappa shape index (κ3) is 7.00. The van der Waals surface area contributed by atoms with E-state index in [2.05, 4.69) is 14.5 Å². The summed E-state index contributed by atoms with van der Waals surface area (Å²) >= 11 is 0. The van der Waals surface area contributed by atoms with Gasteiger partial charge in [-0.05, 0) is 54.2 Å². The van der Waals surface area contributed by atoms with Gasteiger partial charge in [0.1, 0.15) is 0 Å². The molecule has 3 aromatic rings. The molecular formula is C28H27F7N2O4. The minimum absolute atomic E-state index is 0.122. The summed E-state index contributed by atoms with van der Waals surface area (Å²) in [6.07, 6.45) is 1.02. The molecule has 0 saturated heterocycles. The normalized spacial score (nSPS) is 16.9. The molecule has 1 aliphatic rings. The molecule has 0 radical (unpaired) electrons. The van der Waals surface area contributed by atoms with Gasteiger partial charge in [0.25, 0.3) is 0 Å². The third-order valence-electron chi connectivity index (χ3n) is 7.32. The van der Waals surface area contributed by atoms with Crippen molar-refractivity contribution >= 4 is 0 Å². The van der Waals surface area contributed by atoms with Gasteiger partial charge in [0.2, 0.25) is 5.60 Å². The van der Waals surface area contributed by atoms with Crippen molar-refractivity contribution in [2.75, 3.05) is 0 Å². The number of pyridine rings is 2. The van der Waals surface area contributed by atoms with E-state index in [1.807, 2.05) is 0 Å². The quantitative estimate of drug-likeness (QED) is 0.164. The third-order valence-corrected chi connectivity index (χ3v) is 7.32. The molecule has 1 saturated carbocycles. The minimum atomic E-state index is -4.98. The molecule has 2 aromatic heterocycles. The first kappa shape index (κ1) is 30.4. The first-order valence-electron chi connectivity index (χ1n) is 12.8. The zero-order valence-corrected chi connectivity index (χ0v) is 21.5. The van der Waals surface area contributed by atoms with Gasteiger partial charge < -0.3 is 19.8 Å². The number of hydrogen-bond acceptors (Lipinski definition) is 5. The van der Waals surface area contributed by atoms with Crippen LogP contribution in [0.4, 0.5) is 30.7 Å². The monoisotopic (exact) mass is 588 g/mol. The Morgan fingerprint density at radius 1 is 0.878 bits per heavy atom. The lowest BCUT2D eigenvalue weighted by molar-refractivity contribution is -0.605. The Hall–Kier alpha value is -3.61. The molecule has 1 fully saturated rings. The highest BCUT2D eigenvalue weighted by atomic mass is 19.4. The number of aromatic nitrogens is 2. The molecule has 4 rings (SSSR count). The van der Waals surface area contributed by atoms with Gasteiger partial charge in [-0.2, -0.15) is 35.5 Å². The van der Waals surface area contributed by atoms with Crippen molar-refractivity contribution in [1.82, 2.24) is 4.98 Å². The Labute approximate surface area is 230 Å². The molecule has 2 atom stereocenters. The van der Waals surface area contributed by atoms with E-state index in [1.165, 1.54) is 36.7 Å². The predicted molar refractivity (Wildman–Crippen MR) is 131 cm³/mol. The van der Waals surface area contributed by atoms with Gasteiger partial charge in [0.05, 0.1) is 5.69 Å². The van der Waals surface area contributed by atoms with Crippen molar-refractivity contribution in [2.24, 2.45) is 5.92 Å². The average molecular weight is 589 g/mol. The maximum atomic E-state index is 14.2. The van der Waals surface area contributed by atoms with Gasteiger partial charge in [-0.25, -0.2) is 0 Å². The predicted octanol–water partition coefficient (Wildman–Crippen LogP) is 6.62. The molecule has 0 spiro atoms. The number of aliphatic hydroxyl groups is 1. The lowest BCUT2D eigenvalue weighted by Gasteiger charge is -2.39. The smallest absolute Gasteiger partial charge is 0.423 e.